The summed E-state index contributed by atoms with van der Waals surface area (Å²) in [7, 11) is 0. The summed E-state index contributed by atoms with van der Waals surface area (Å²) in [6, 6.07) is -1.48. The highest BCUT2D eigenvalue weighted by atomic mass is 19.1. The number of carbonyl (C=O) groups is 2. The van der Waals surface area contributed by atoms with Crippen LogP contribution >= 0.6 is 0 Å². The smallest absolute Gasteiger partial charge is 0.228 e. The van der Waals surface area contributed by atoms with Crippen molar-refractivity contribution in [2.24, 2.45) is 27.8 Å². The molecule has 0 radical (unpaired) electrons. The fourth-order valence-corrected chi connectivity index (χ4v) is 7.53. The van der Waals surface area contributed by atoms with E-state index < -0.39 is 42.6 Å². The van der Waals surface area contributed by atoms with Crippen LogP contribution in [0.5, 0.6) is 0 Å². The van der Waals surface area contributed by atoms with Crippen molar-refractivity contribution in [1.29, 1.82) is 0 Å². The quantitative estimate of drug-likeness (QED) is 0.337. The highest BCUT2D eigenvalue weighted by Crippen LogP contribution is 2.42. The Bertz CT molecular complexity index is 877. The van der Waals surface area contributed by atoms with E-state index in [-0.39, 0.29) is 29.8 Å². The summed E-state index contributed by atoms with van der Waals surface area (Å²) in [5.41, 5.74) is 12.3. The molecule has 4 aliphatic heterocycles. The molecule has 0 spiro atoms. The number of halogens is 2. The number of nitrogens with zero attached hydrogens (tertiary/aromatic N) is 3. The van der Waals surface area contributed by atoms with E-state index in [0.29, 0.717) is 45.4 Å². The maximum absolute atomic E-state index is 15.5. The Morgan fingerprint density at radius 3 is 2.77 bits per heavy atom. The van der Waals surface area contributed by atoms with Gasteiger partial charge in [-0.05, 0) is 43.9 Å². The summed E-state index contributed by atoms with van der Waals surface area (Å²) in [4.78, 5) is 34.8. The summed E-state index contributed by atoms with van der Waals surface area (Å²) >= 11 is 0. The lowest BCUT2D eigenvalue weighted by atomic mass is 9.69. The molecule has 0 aliphatic carbocycles. The van der Waals surface area contributed by atoms with Crippen molar-refractivity contribution in [1.82, 2.24) is 20.4 Å². The largest absolute Gasteiger partial charge is 0.350 e. The molecule has 7 unspecified atom stereocenters. The van der Waals surface area contributed by atoms with Crippen LogP contribution in [0.2, 0.25) is 0 Å². The van der Waals surface area contributed by atoms with E-state index in [1.165, 1.54) is 6.21 Å². The molecular weight excluding hydrogens is 504 g/mol. The molecule has 0 saturated carbocycles. The number of hydrogen-bond donors (Lipinski definition) is 4. The highest BCUT2D eigenvalue weighted by molar-refractivity contribution is 5.81. The Morgan fingerprint density at radius 1 is 1.26 bits per heavy atom. The lowest BCUT2D eigenvalue weighted by Crippen LogP contribution is -2.70. The second-order valence-electron chi connectivity index (χ2n) is 12.2. The van der Waals surface area contributed by atoms with Gasteiger partial charge in [0, 0.05) is 51.4 Å². The fraction of sp³-hybridized carbons (Fsp3) is 0.893. The molecule has 3 fully saturated rings. The molecule has 222 valence electrons. The number of hydrogen-bond acceptors (Lipinski definition) is 7. The predicted octanol–water partition coefficient (Wildman–Crippen LogP) is 1.50. The molecule has 6 N–H and O–H groups in total. The van der Waals surface area contributed by atoms with Crippen LogP contribution in [0, 0.1) is 11.3 Å². The SMILES string of the molecule is CCCC1(CC)CCC(F)/C=N\C(C(C(=O)NC2CNCC(F)C2N2CCN3C(=O)CCC[C@@H]3C2)C(N)N)C1. The maximum atomic E-state index is 15.5. The van der Waals surface area contributed by atoms with E-state index in [1.54, 1.807) is 0 Å². The predicted molar refractivity (Wildman–Crippen MR) is 149 cm³/mol. The Hall–Kier alpha value is -1.69. The monoisotopic (exact) mass is 553 g/mol. The number of piperazine rings is 1. The molecule has 39 heavy (non-hydrogen) atoms. The zero-order chi connectivity index (χ0) is 28.2. The number of nitrogens with two attached hydrogens (primary N) is 2. The summed E-state index contributed by atoms with van der Waals surface area (Å²) in [5.74, 6) is -1.04. The zero-order valence-electron chi connectivity index (χ0n) is 23.7. The molecule has 0 aromatic carbocycles. The number of amides is 2. The number of fused-ring (bicyclic) bond motifs is 1. The van der Waals surface area contributed by atoms with Crippen LogP contribution in [0.25, 0.3) is 0 Å². The van der Waals surface area contributed by atoms with Crippen molar-refractivity contribution in [3.8, 4) is 0 Å². The van der Waals surface area contributed by atoms with Gasteiger partial charge in [0.05, 0.1) is 30.2 Å². The maximum Gasteiger partial charge on any atom is 0.228 e. The van der Waals surface area contributed by atoms with Crippen LogP contribution in [0.3, 0.4) is 0 Å². The van der Waals surface area contributed by atoms with E-state index in [2.05, 4.69) is 34.4 Å². The number of aliphatic imine (C=N–C) groups is 1. The van der Waals surface area contributed by atoms with E-state index in [1.807, 2.05) is 4.90 Å². The molecule has 4 aliphatic rings. The molecule has 8 atom stereocenters. The fourth-order valence-electron chi connectivity index (χ4n) is 7.53. The summed E-state index contributed by atoms with van der Waals surface area (Å²) in [6.45, 7) is 6.61. The molecular formula is C28H49F2N7O2. The third-order valence-electron chi connectivity index (χ3n) is 9.69. The van der Waals surface area contributed by atoms with Crippen molar-refractivity contribution in [2.45, 2.75) is 114 Å². The van der Waals surface area contributed by atoms with Gasteiger partial charge in [-0.3, -0.25) is 19.5 Å². The Balaban J connectivity index is 1.52. The number of carbonyl (C=O) groups excluding carboxylic acids is 2. The van der Waals surface area contributed by atoms with Gasteiger partial charge in [0.15, 0.2) is 0 Å². The topological polar surface area (TPSA) is 129 Å². The molecule has 3 saturated heterocycles. The highest BCUT2D eigenvalue weighted by Gasteiger charge is 2.45. The van der Waals surface area contributed by atoms with Crippen LogP contribution in [0.15, 0.2) is 4.99 Å². The van der Waals surface area contributed by atoms with E-state index in [0.717, 1.165) is 38.5 Å². The normalized spacial score (nSPS) is 38.0. The minimum atomic E-state index is -1.18. The molecule has 9 nitrogen and oxygen atoms in total. The lowest BCUT2D eigenvalue weighted by Gasteiger charge is -2.50. The molecule has 0 bridgehead atoms. The van der Waals surface area contributed by atoms with Crippen molar-refractivity contribution in [3.63, 3.8) is 0 Å². The van der Waals surface area contributed by atoms with E-state index in [9.17, 15) is 14.0 Å². The van der Waals surface area contributed by atoms with E-state index in [4.69, 9.17) is 11.5 Å². The summed E-state index contributed by atoms with van der Waals surface area (Å²) in [6.07, 6.45) is 4.82. The van der Waals surface area contributed by atoms with Crippen molar-refractivity contribution >= 4 is 18.0 Å². The van der Waals surface area contributed by atoms with Crippen molar-refractivity contribution in [3.05, 3.63) is 0 Å². The first-order valence-electron chi connectivity index (χ1n) is 15.0. The van der Waals surface area contributed by atoms with Crippen LogP contribution in [-0.2, 0) is 9.59 Å². The second kappa shape index (κ2) is 13.3. The molecule has 4 heterocycles. The average Bonchev–Trinajstić information content (AvgIpc) is 2.89. The number of nitrogens with one attached hydrogen (secondary N) is 2. The lowest BCUT2D eigenvalue weighted by molar-refractivity contribution is -0.141. The number of piperidine rings is 2. The third-order valence-corrected chi connectivity index (χ3v) is 9.69. The van der Waals surface area contributed by atoms with Crippen LogP contribution < -0.4 is 22.1 Å². The van der Waals surface area contributed by atoms with Gasteiger partial charge in [-0.25, -0.2) is 8.78 Å². The second-order valence-corrected chi connectivity index (χ2v) is 12.2. The van der Waals surface area contributed by atoms with Crippen molar-refractivity contribution in [2.75, 3.05) is 32.7 Å². The minimum Gasteiger partial charge on any atom is -0.350 e. The Morgan fingerprint density at radius 2 is 2.05 bits per heavy atom. The number of alkyl halides is 2. The molecule has 2 amide bonds. The molecule has 11 heteroatoms. The minimum absolute atomic E-state index is 0.0855. The van der Waals surface area contributed by atoms with Gasteiger partial charge in [-0.15, -0.1) is 0 Å². The standard InChI is InChI=1S/C28H49F2N7O2/c1-3-9-28(4-2)10-8-18(29)14-34-21(13-28)24(26(31)32)27(39)35-22-16-33-15-20(30)25(22)36-11-12-37-19(17-36)6-5-7-23(37)38/h14,18-22,24-26,33H,3-13,15-17,31-32H2,1-2H3,(H,35,39)/b34-14-/t18?,19-,20?,21?,22?,24?,25?,28?/m1/s1. The van der Waals surface area contributed by atoms with E-state index >= 15 is 4.39 Å². The van der Waals surface area contributed by atoms with Gasteiger partial charge in [-0.1, -0.05) is 26.7 Å². The Labute approximate surface area is 231 Å². The van der Waals surface area contributed by atoms with Crippen LogP contribution in [0.1, 0.15) is 71.6 Å². The number of rotatable bonds is 8. The molecule has 0 aromatic rings. The van der Waals surface area contributed by atoms with Gasteiger partial charge in [0.1, 0.15) is 12.3 Å². The van der Waals surface area contributed by atoms with Crippen molar-refractivity contribution < 1.29 is 18.4 Å². The first-order chi connectivity index (χ1) is 18.7. The Kier molecular flexibility index (Phi) is 10.3. The third kappa shape index (κ3) is 6.97. The van der Waals surface area contributed by atoms with Gasteiger partial charge < -0.3 is 27.0 Å². The van der Waals surface area contributed by atoms with Crippen LogP contribution in [-0.4, -0.2) is 103 Å². The molecule has 4 rings (SSSR count). The zero-order valence-corrected chi connectivity index (χ0v) is 23.7. The first kappa shape index (κ1) is 30.3. The molecule has 0 aromatic heterocycles. The summed E-state index contributed by atoms with van der Waals surface area (Å²) in [5, 5.41) is 6.20. The van der Waals surface area contributed by atoms with Crippen LogP contribution in [0.4, 0.5) is 8.78 Å². The summed E-state index contributed by atoms with van der Waals surface area (Å²) < 4.78 is 30.1. The van der Waals surface area contributed by atoms with Gasteiger partial charge in [-0.2, -0.15) is 0 Å². The van der Waals surface area contributed by atoms with Gasteiger partial charge >= 0.3 is 0 Å². The first-order valence-corrected chi connectivity index (χ1v) is 15.0. The average molecular weight is 554 g/mol. The van der Waals surface area contributed by atoms with Gasteiger partial charge in [0.2, 0.25) is 11.8 Å². The van der Waals surface area contributed by atoms with Gasteiger partial charge in [0.25, 0.3) is 0 Å².